The molecule has 1 aromatic carbocycles. The van der Waals surface area contributed by atoms with Crippen molar-refractivity contribution in [2.75, 3.05) is 17.6 Å². The van der Waals surface area contributed by atoms with Gasteiger partial charge in [-0.15, -0.1) is 4.40 Å². The van der Waals surface area contributed by atoms with Crippen LogP contribution in [0.4, 0.5) is 5.69 Å². The molecule has 1 aromatic rings. The van der Waals surface area contributed by atoms with Crippen LogP contribution < -0.4 is 5.32 Å². The molecule has 0 fully saturated rings. The number of rotatable bonds is 2. The highest BCUT2D eigenvalue weighted by Crippen LogP contribution is 2.22. The van der Waals surface area contributed by atoms with Gasteiger partial charge < -0.3 is 10.2 Å². The van der Waals surface area contributed by atoms with E-state index in [-0.39, 0.29) is 18.2 Å². The third-order valence-electron chi connectivity index (χ3n) is 3.53. The first-order chi connectivity index (χ1) is 10.8. The minimum Gasteiger partial charge on any atom is -0.330 e. The van der Waals surface area contributed by atoms with E-state index in [1.165, 1.54) is 6.08 Å². The Kier molecular flexibility index (Phi) is 3.99. The number of amides is 1. The molecular weight excluding hydrogens is 338 g/mol. The average molecular weight is 352 g/mol. The minimum atomic E-state index is -3.40. The number of aryl methyl sites for hydroxylation is 1. The first kappa shape index (κ1) is 15.8. The number of anilines is 1. The number of hydrogen-bond acceptors (Lipinski definition) is 4. The molecule has 0 atom stereocenters. The van der Waals surface area contributed by atoms with Crippen LogP contribution in [0.15, 0.2) is 46.5 Å². The molecular formula is C15H14ClN3O3S. The highest BCUT2D eigenvalue weighted by molar-refractivity contribution is 7.90. The molecule has 3 rings (SSSR count). The fourth-order valence-corrected chi connectivity index (χ4v) is 3.40. The van der Waals surface area contributed by atoms with Gasteiger partial charge in [-0.1, -0.05) is 17.7 Å². The number of nitrogens with zero attached hydrogens (tertiary/aromatic N) is 2. The van der Waals surface area contributed by atoms with Crippen molar-refractivity contribution < 1.29 is 13.2 Å². The maximum absolute atomic E-state index is 12.4. The largest absolute Gasteiger partial charge is 0.330 e. The van der Waals surface area contributed by atoms with E-state index >= 15 is 0 Å². The number of halogens is 1. The molecule has 2 heterocycles. The SMILES string of the molecule is Cc1ccc(Cl)cc1NC(=O)C1=CN2CCS(=O)(=O)N=C2C=C1. The van der Waals surface area contributed by atoms with E-state index in [9.17, 15) is 13.2 Å². The Hall–Kier alpha value is -2.12. The summed E-state index contributed by atoms with van der Waals surface area (Å²) in [7, 11) is -3.40. The highest BCUT2D eigenvalue weighted by Gasteiger charge is 2.25. The summed E-state index contributed by atoms with van der Waals surface area (Å²) in [4.78, 5) is 14.0. The van der Waals surface area contributed by atoms with Gasteiger partial charge in [0.15, 0.2) is 0 Å². The molecule has 8 heteroatoms. The number of sulfonamides is 1. The van der Waals surface area contributed by atoms with Crippen molar-refractivity contribution >= 4 is 39.1 Å². The van der Waals surface area contributed by atoms with Gasteiger partial charge in [-0.3, -0.25) is 4.79 Å². The monoisotopic (exact) mass is 351 g/mol. The van der Waals surface area contributed by atoms with Crippen LogP contribution >= 0.6 is 11.6 Å². The lowest BCUT2D eigenvalue weighted by Gasteiger charge is -2.27. The summed E-state index contributed by atoms with van der Waals surface area (Å²) in [6, 6.07) is 5.26. The maximum Gasteiger partial charge on any atom is 0.257 e. The maximum atomic E-state index is 12.4. The number of carbonyl (C=O) groups is 1. The molecule has 2 aliphatic rings. The number of amidine groups is 1. The summed E-state index contributed by atoms with van der Waals surface area (Å²) < 4.78 is 26.6. The predicted octanol–water partition coefficient (Wildman–Crippen LogP) is 2.08. The molecule has 1 amide bonds. The van der Waals surface area contributed by atoms with E-state index in [1.807, 2.05) is 13.0 Å². The number of carbonyl (C=O) groups excluding carboxylic acids is 1. The van der Waals surface area contributed by atoms with Crippen LogP contribution in [-0.4, -0.2) is 37.4 Å². The lowest BCUT2D eigenvalue weighted by molar-refractivity contribution is -0.112. The van der Waals surface area contributed by atoms with Crippen molar-refractivity contribution in [3.05, 3.63) is 52.7 Å². The van der Waals surface area contributed by atoms with Crippen LogP contribution in [0.1, 0.15) is 5.56 Å². The van der Waals surface area contributed by atoms with Crippen molar-refractivity contribution in [2.24, 2.45) is 4.40 Å². The molecule has 0 unspecified atom stereocenters. The van der Waals surface area contributed by atoms with E-state index in [0.29, 0.717) is 22.1 Å². The summed E-state index contributed by atoms with van der Waals surface area (Å²) in [5, 5.41) is 3.34. The van der Waals surface area contributed by atoms with Gasteiger partial charge >= 0.3 is 0 Å². The molecule has 6 nitrogen and oxygen atoms in total. The number of hydrogen-bond donors (Lipinski definition) is 1. The normalized spacial score (nSPS) is 18.8. The van der Waals surface area contributed by atoms with Crippen LogP contribution in [0.2, 0.25) is 5.02 Å². The summed E-state index contributed by atoms with van der Waals surface area (Å²) >= 11 is 5.94. The second-order valence-electron chi connectivity index (χ2n) is 5.26. The zero-order valence-electron chi connectivity index (χ0n) is 12.3. The summed E-state index contributed by atoms with van der Waals surface area (Å²) in [5.74, 6) is -0.0331. The summed E-state index contributed by atoms with van der Waals surface area (Å²) in [6.45, 7) is 2.15. The molecule has 23 heavy (non-hydrogen) atoms. The van der Waals surface area contributed by atoms with Crippen LogP contribution in [0.5, 0.6) is 0 Å². The van der Waals surface area contributed by atoms with Crippen molar-refractivity contribution in [1.82, 2.24) is 4.90 Å². The summed E-state index contributed by atoms with van der Waals surface area (Å²) in [6.07, 6.45) is 4.67. The topological polar surface area (TPSA) is 78.8 Å². The Bertz CT molecular complexity index is 872. The van der Waals surface area contributed by atoms with Gasteiger partial charge in [-0.05, 0) is 36.8 Å². The van der Waals surface area contributed by atoms with E-state index in [2.05, 4.69) is 9.71 Å². The van der Waals surface area contributed by atoms with Crippen molar-refractivity contribution in [1.29, 1.82) is 0 Å². The molecule has 0 radical (unpaired) electrons. The average Bonchev–Trinajstić information content (AvgIpc) is 2.49. The highest BCUT2D eigenvalue weighted by atomic mass is 35.5. The van der Waals surface area contributed by atoms with Crippen molar-refractivity contribution in [3.63, 3.8) is 0 Å². The van der Waals surface area contributed by atoms with Crippen molar-refractivity contribution in [2.45, 2.75) is 6.92 Å². The zero-order chi connectivity index (χ0) is 16.6. The molecule has 0 saturated carbocycles. The van der Waals surface area contributed by atoms with Crippen LogP contribution in [0.25, 0.3) is 0 Å². The van der Waals surface area contributed by atoms with Crippen molar-refractivity contribution in [3.8, 4) is 0 Å². The van der Waals surface area contributed by atoms with Gasteiger partial charge in [-0.25, -0.2) is 8.42 Å². The first-order valence-electron chi connectivity index (χ1n) is 6.91. The molecule has 120 valence electrons. The number of benzene rings is 1. The van der Waals surface area contributed by atoms with Gasteiger partial charge in [0.25, 0.3) is 15.9 Å². The third-order valence-corrected chi connectivity index (χ3v) is 4.93. The van der Waals surface area contributed by atoms with Gasteiger partial charge in [0.05, 0.1) is 11.3 Å². The Balaban J connectivity index is 1.81. The lowest BCUT2D eigenvalue weighted by atomic mass is 10.1. The Morgan fingerprint density at radius 3 is 2.91 bits per heavy atom. The molecule has 2 aliphatic heterocycles. The second kappa shape index (κ2) is 5.82. The van der Waals surface area contributed by atoms with Gasteiger partial charge in [0, 0.05) is 23.5 Å². The minimum absolute atomic E-state index is 0.0663. The quantitative estimate of drug-likeness (QED) is 0.884. The Labute approximate surface area is 139 Å². The fourth-order valence-electron chi connectivity index (χ4n) is 2.26. The molecule has 0 aromatic heterocycles. The van der Waals surface area contributed by atoms with E-state index in [4.69, 9.17) is 11.6 Å². The molecule has 0 bridgehead atoms. The van der Waals surface area contributed by atoms with Crippen LogP contribution in [0.3, 0.4) is 0 Å². The summed E-state index contributed by atoms with van der Waals surface area (Å²) in [5.41, 5.74) is 1.95. The number of nitrogens with one attached hydrogen (secondary N) is 1. The van der Waals surface area contributed by atoms with Gasteiger partial charge in [0.1, 0.15) is 5.84 Å². The second-order valence-corrected chi connectivity index (χ2v) is 7.45. The molecule has 0 aliphatic carbocycles. The molecule has 0 saturated heterocycles. The molecule has 1 N–H and O–H groups in total. The van der Waals surface area contributed by atoms with E-state index < -0.39 is 10.0 Å². The van der Waals surface area contributed by atoms with E-state index in [0.717, 1.165) is 5.56 Å². The molecule has 0 spiro atoms. The van der Waals surface area contributed by atoms with Gasteiger partial charge in [-0.2, -0.15) is 0 Å². The van der Waals surface area contributed by atoms with Crippen LogP contribution in [-0.2, 0) is 14.8 Å². The smallest absolute Gasteiger partial charge is 0.257 e. The first-order valence-corrected chi connectivity index (χ1v) is 8.89. The number of fused-ring (bicyclic) bond motifs is 1. The lowest BCUT2D eigenvalue weighted by Crippen LogP contribution is -2.37. The fraction of sp³-hybridized carbons (Fsp3) is 0.200. The van der Waals surface area contributed by atoms with Crippen LogP contribution in [0, 0.1) is 6.92 Å². The predicted molar refractivity (Wildman–Crippen MR) is 90.0 cm³/mol. The van der Waals surface area contributed by atoms with Gasteiger partial charge in [0.2, 0.25) is 0 Å². The third kappa shape index (κ3) is 3.46. The standard InChI is InChI=1S/C15H14ClN3O3S/c1-10-2-4-12(16)8-13(10)17-15(20)11-3-5-14-18-23(21,22)7-6-19(14)9-11/h2-5,8-9H,6-7H2,1H3,(H,17,20). The van der Waals surface area contributed by atoms with E-state index in [1.54, 1.807) is 29.3 Å². The Morgan fingerprint density at radius 2 is 2.13 bits per heavy atom. The Morgan fingerprint density at radius 1 is 1.35 bits per heavy atom. The zero-order valence-corrected chi connectivity index (χ0v) is 13.9.